The molecule has 0 bridgehead atoms. The molecule has 0 unspecified atom stereocenters. The third kappa shape index (κ3) is 6.24. The molecule has 1 radical (unpaired) electrons. The van der Waals surface area contributed by atoms with Crippen molar-refractivity contribution in [2.24, 2.45) is 0 Å². The van der Waals surface area contributed by atoms with Gasteiger partial charge in [0.05, 0.1) is 0 Å². The Morgan fingerprint density at radius 1 is 0.786 bits per heavy atom. The van der Waals surface area contributed by atoms with Crippen LogP contribution in [0.15, 0.2) is 54.7 Å². The summed E-state index contributed by atoms with van der Waals surface area (Å²) in [6.07, 6.45) is 26.5. The molecule has 0 atom stereocenters. The SMILES string of the molecule is [C]1=C/C=C\C=C\C/C=C/CCC/C=C/1. The van der Waals surface area contributed by atoms with Crippen LogP contribution in [0.5, 0.6) is 0 Å². The maximum atomic E-state index is 3.09. The first-order valence-corrected chi connectivity index (χ1v) is 5.21. The summed E-state index contributed by atoms with van der Waals surface area (Å²) in [5, 5.41) is 0. The Hall–Kier alpha value is -1.30. The van der Waals surface area contributed by atoms with E-state index in [1.165, 1.54) is 12.8 Å². The molecule has 0 saturated heterocycles. The van der Waals surface area contributed by atoms with Crippen molar-refractivity contribution in [1.29, 1.82) is 0 Å². The van der Waals surface area contributed by atoms with Crippen molar-refractivity contribution in [3.63, 3.8) is 0 Å². The van der Waals surface area contributed by atoms with Crippen LogP contribution in [0.4, 0.5) is 0 Å². The van der Waals surface area contributed by atoms with Gasteiger partial charge in [-0.2, -0.15) is 0 Å². The second kappa shape index (κ2) is 8.31. The summed E-state index contributed by atoms with van der Waals surface area (Å²) in [6, 6.07) is 0. The van der Waals surface area contributed by atoms with Gasteiger partial charge in [-0.1, -0.05) is 54.7 Å². The summed E-state index contributed by atoms with van der Waals surface area (Å²) >= 11 is 0. The largest absolute Gasteiger partial charge is 0.0882 e. The number of hydrogen-bond acceptors (Lipinski definition) is 0. The van der Waals surface area contributed by atoms with E-state index in [4.69, 9.17) is 0 Å². The lowest BCUT2D eigenvalue weighted by Gasteiger charge is -1.89. The van der Waals surface area contributed by atoms with E-state index in [2.05, 4.69) is 36.5 Å². The molecule has 0 aromatic heterocycles. The lowest BCUT2D eigenvalue weighted by Crippen LogP contribution is -1.69. The van der Waals surface area contributed by atoms with E-state index in [0.29, 0.717) is 0 Å². The van der Waals surface area contributed by atoms with Gasteiger partial charge in [-0.15, -0.1) is 0 Å². The molecule has 0 spiro atoms. The van der Waals surface area contributed by atoms with Crippen LogP contribution in [0.2, 0.25) is 0 Å². The zero-order valence-corrected chi connectivity index (χ0v) is 8.52. The number of rotatable bonds is 0. The van der Waals surface area contributed by atoms with Crippen molar-refractivity contribution < 1.29 is 0 Å². The van der Waals surface area contributed by atoms with Gasteiger partial charge in [-0.05, 0) is 31.8 Å². The molecule has 0 nitrogen and oxygen atoms in total. The maximum Gasteiger partial charge on any atom is -0.0166 e. The van der Waals surface area contributed by atoms with E-state index in [9.17, 15) is 0 Å². The van der Waals surface area contributed by atoms with E-state index < -0.39 is 0 Å². The van der Waals surface area contributed by atoms with Crippen molar-refractivity contribution in [3.05, 3.63) is 60.8 Å². The second-order valence-corrected chi connectivity index (χ2v) is 3.19. The molecule has 1 rings (SSSR count). The molecular formula is C14H17. The smallest absolute Gasteiger partial charge is 0.0166 e. The van der Waals surface area contributed by atoms with E-state index >= 15 is 0 Å². The minimum atomic E-state index is 1.04. The van der Waals surface area contributed by atoms with Crippen LogP contribution in [0.3, 0.4) is 0 Å². The van der Waals surface area contributed by atoms with Crippen LogP contribution in [-0.2, 0) is 0 Å². The quantitative estimate of drug-likeness (QED) is 0.497. The fourth-order valence-corrected chi connectivity index (χ4v) is 1.19. The topological polar surface area (TPSA) is 0 Å². The lowest BCUT2D eigenvalue weighted by atomic mass is 10.2. The summed E-state index contributed by atoms with van der Waals surface area (Å²) < 4.78 is 0. The molecule has 14 heavy (non-hydrogen) atoms. The van der Waals surface area contributed by atoms with Crippen molar-refractivity contribution in [3.8, 4) is 0 Å². The predicted molar refractivity (Wildman–Crippen MR) is 62.8 cm³/mol. The van der Waals surface area contributed by atoms with Crippen LogP contribution in [0.1, 0.15) is 25.7 Å². The number of allylic oxidation sites excluding steroid dienone is 10. The Labute approximate surface area is 87.0 Å². The van der Waals surface area contributed by atoms with Gasteiger partial charge in [-0.3, -0.25) is 0 Å². The first-order valence-electron chi connectivity index (χ1n) is 5.21. The average Bonchev–Trinajstić information content (AvgIpc) is 2.22. The molecule has 0 heteroatoms. The van der Waals surface area contributed by atoms with Crippen molar-refractivity contribution >= 4 is 0 Å². The Kier molecular flexibility index (Phi) is 6.39. The van der Waals surface area contributed by atoms with E-state index in [-0.39, 0.29) is 0 Å². The molecule has 0 fully saturated rings. The van der Waals surface area contributed by atoms with E-state index in [1.54, 1.807) is 0 Å². The van der Waals surface area contributed by atoms with Crippen LogP contribution in [-0.4, -0.2) is 0 Å². The van der Waals surface area contributed by atoms with Crippen LogP contribution >= 0.6 is 0 Å². The molecule has 1 aliphatic carbocycles. The molecule has 73 valence electrons. The van der Waals surface area contributed by atoms with E-state index in [1.807, 2.05) is 24.3 Å². The highest BCUT2D eigenvalue weighted by molar-refractivity contribution is 5.13. The Morgan fingerprint density at radius 3 is 2.71 bits per heavy atom. The zero-order valence-electron chi connectivity index (χ0n) is 8.52. The van der Waals surface area contributed by atoms with Gasteiger partial charge in [0.2, 0.25) is 0 Å². The van der Waals surface area contributed by atoms with Crippen LogP contribution in [0.25, 0.3) is 0 Å². The molecule has 0 saturated carbocycles. The van der Waals surface area contributed by atoms with Gasteiger partial charge in [0, 0.05) is 0 Å². The summed E-state index contributed by atoms with van der Waals surface area (Å²) in [6.45, 7) is 0. The van der Waals surface area contributed by atoms with Gasteiger partial charge in [0.15, 0.2) is 0 Å². The monoisotopic (exact) mass is 185 g/mol. The van der Waals surface area contributed by atoms with Crippen molar-refractivity contribution in [2.75, 3.05) is 0 Å². The molecule has 0 aromatic carbocycles. The summed E-state index contributed by atoms with van der Waals surface area (Å²) in [4.78, 5) is 0. The third-order valence-corrected chi connectivity index (χ3v) is 1.95. The Bertz CT molecular complexity index is 262. The van der Waals surface area contributed by atoms with Gasteiger partial charge in [0.25, 0.3) is 0 Å². The maximum absolute atomic E-state index is 3.09. The normalized spacial score (nSPS) is 29.7. The average molecular weight is 185 g/mol. The standard InChI is InChI=1S/C14H17/c1-2-4-6-8-10-12-14-13-11-9-7-5-3-1/h1-5,8-11H,6,12-14H2/b3-1-,4-2+,7-5?,10-8+,11-9+. The molecule has 0 aliphatic heterocycles. The molecule has 0 heterocycles. The van der Waals surface area contributed by atoms with E-state index in [0.717, 1.165) is 12.8 Å². The molecular weight excluding hydrogens is 168 g/mol. The minimum absolute atomic E-state index is 1.04. The third-order valence-electron chi connectivity index (χ3n) is 1.95. The number of hydrogen-bond donors (Lipinski definition) is 0. The molecule has 0 N–H and O–H groups in total. The van der Waals surface area contributed by atoms with Crippen molar-refractivity contribution in [2.45, 2.75) is 25.7 Å². The fraction of sp³-hybridized carbons (Fsp3) is 0.286. The molecule has 0 aromatic rings. The Balaban J connectivity index is 2.46. The van der Waals surface area contributed by atoms with Crippen molar-refractivity contribution in [1.82, 2.24) is 0 Å². The molecule has 1 aliphatic rings. The second-order valence-electron chi connectivity index (χ2n) is 3.19. The highest BCUT2D eigenvalue weighted by atomic mass is 13.9. The lowest BCUT2D eigenvalue weighted by molar-refractivity contribution is 0.866. The summed E-state index contributed by atoms with van der Waals surface area (Å²) in [5.74, 6) is 0. The summed E-state index contributed by atoms with van der Waals surface area (Å²) in [7, 11) is 0. The predicted octanol–water partition coefficient (Wildman–Crippen LogP) is 4.14. The van der Waals surface area contributed by atoms with Crippen LogP contribution in [0, 0.1) is 6.08 Å². The highest BCUT2D eigenvalue weighted by Gasteiger charge is 1.79. The first-order chi connectivity index (χ1) is 7.00. The Morgan fingerprint density at radius 2 is 1.71 bits per heavy atom. The van der Waals surface area contributed by atoms with Crippen LogP contribution < -0.4 is 0 Å². The summed E-state index contributed by atoms with van der Waals surface area (Å²) in [5.41, 5.74) is 0. The van der Waals surface area contributed by atoms with Gasteiger partial charge in [0.1, 0.15) is 0 Å². The van der Waals surface area contributed by atoms with Gasteiger partial charge < -0.3 is 0 Å². The highest BCUT2D eigenvalue weighted by Crippen LogP contribution is 1.99. The first kappa shape index (κ1) is 10.8. The minimum Gasteiger partial charge on any atom is -0.0882 e. The fourth-order valence-electron chi connectivity index (χ4n) is 1.19. The zero-order chi connectivity index (χ0) is 9.90. The van der Waals surface area contributed by atoms with Gasteiger partial charge >= 0.3 is 0 Å². The van der Waals surface area contributed by atoms with Gasteiger partial charge in [-0.25, -0.2) is 0 Å². The molecule has 0 amide bonds.